The first kappa shape index (κ1) is 19.3. The van der Waals surface area contributed by atoms with Crippen molar-refractivity contribution in [1.29, 1.82) is 0 Å². The second kappa shape index (κ2) is 8.95. The Kier molecular flexibility index (Phi) is 6.40. The van der Waals surface area contributed by atoms with Gasteiger partial charge in [0, 0.05) is 19.1 Å². The van der Waals surface area contributed by atoms with Crippen molar-refractivity contribution < 1.29 is 8.42 Å². The van der Waals surface area contributed by atoms with E-state index in [9.17, 15) is 8.42 Å². The Hall–Kier alpha value is -2.47. The maximum absolute atomic E-state index is 12.6. The Balaban J connectivity index is 1.78. The monoisotopic (exact) mass is 380 g/mol. The third-order valence-corrected chi connectivity index (χ3v) is 5.95. The molecule has 0 aliphatic rings. The number of rotatable bonds is 8. The SMILES string of the molecule is CN(Cc1ccccc1)[C@H](CNS(=O)(=O)c1ccccc1)c1ccccc1. The first-order valence-electron chi connectivity index (χ1n) is 8.90. The van der Waals surface area contributed by atoms with Gasteiger partial charge in [-0.25, -0.2) is 13.1 Å². The standard InChI is InChI=1S/C22H24N2O2S/c1-24(18-19-11-5-2-6-12-19)22(20-13-7-3-8-14-20)17-23-27(25,26)21-15-9-4-10-16-21/h2-16,22-23H,17-18H2,1H3/t22-/m1/s1. The fourth-order valence-electron chi connectivity index (χ4n) is 3.06. The Morgan fingerprint density at radius 2 is 1.33 bits per heavy atom. The summed E-state index contributed by atoms with van der Waals surface area (Å²) in [6.45, 7) is 1.03. The van der Waals surface area contributed by atoms with Gasteiger partial charge in [0.1, 0.15) is 0 Å². The molecule has 3 aromatic carbocycles. The van der Waals surface area contributed by atoms with Gasteiger partial charge >= 0.3 is 0 Å². The summed E-state index contributed by atoms with van der Waals surface area (Å²) in [6, 6.07) is 28.5. The molecule has 3 rings (SSSR count). The molecule has 1 atom stereocenters. The van der Waals surface area contributed by atoms with E-state index in [1.165, 1.54) is 5.56 Å². The smallest absolute Gasteiger partial charge is 0.240 e. The van der Waals surface area contributed by atoms with Crippen molar-refractivity contribution in [3.63, 3.8) is 0 Å². The Labute approximate surface area is 161 Å². The third kappa shape index (κ3) is 5.26. The Morgan fingerprint density at radius 1 is 0.815 bits per heavy atom. The maximum Gasteiger partial charge on any atom is 0.240 e. The van der Waals surface area contributed by atoms with E-state index >= 15 is 0 Å². The van der Waals surface area contributed by atoms with Crippen molar-refractivity contribution in [3.05, 3.63) is 102 Å². The molecule has 0 saturated carbocycles. The van der Waals surface area contributed by atoms with E-state index in [2.05, 4.69) is 21.8 Å². The summed E-state index contributed by atoms with van der Waals surface area (Å²) in [6.07, 6.45) is 0. The fourth-order valence-corrected chi connectivity index (χ4v) is 4.12. The van der Waals surface area contributed by atoms with Gasteiger partial charge < -0.3 is 0 Å². The van der Waals surface area contributed by atoms with Gasteiger partial charge in [0.25, 0.3) is 0 Å². The molecule has 3 aromatic rings. The van der Waals surface area contributed by atoms with Crippen molar-refractivity contribution in [1.82, 2.24) is 9.62 Å². The van der Waals surface area contributed by atoms with Crippen LogP contribution in [0, 0.1) is 0 Å². The largest absolute Gasteiger partial charge is 0.294 e. The summed E-state index contributed by atoms with van der Waals surface area (Å²) in [5, 5.41) is 0. The number of nitrogens with zero attached hydrogens (tertiary/aromatic N) is 1. The summed E-state index contributed by atoms with van der Waals surface area (Å²) < 4.78 is 28.0. The zero-order chi connectivity index (χ0) is 19.1. The van der Waals surface area contributed by atoms with Crippen LogP contribution in [0.3, 0.4) is 0 Å². The molecule has 4 nitrogen and oxygen atoms in total. The van der Waals surface area contributed by atoms with Gasteiger partial charge in [0.2, 0.25) is 10.0 Å². The second-order valence-electron chi connectivity index (χ2n) is 6.49. The van der Waals surface area contributed by atoms with Crippen LogP contribution < -0.4 is 4.72 Å². The van der Waals surface area contributed by atoms with Crippen molar-refractivity contribution in [2.45, 2.75) is 17.5 Å². The molecule has 0 aromatic heterocycles. The summed E-state index contributed by atoms with van der Waals surface area (Å²) in [4.78, 5) is 2.44. The lowest BCUT2D eigenvalue weighted by Crippen LogP contribution is -2.36. The minimum absolute atomic E-state index is 0.0788. The van der Waals surface area contributed by atoms with Crippen LogP contribution in [0.25, 0.3) is 0 Å². The van der Waals surface area contributed by atoms with E-state index in [0.717, 1.165) is 12.1 Å². The maximum atomic E-state index is 12.6. The highest BCUT2D eigenvalue weighted by Crippen LogP contribution is 2.21. The van der Waals surface area contributed by atoms with Crippen LogP contribution >= 0.6 is 0 Å². The predicted molar refractivity (Wildman–Crippen MR) is 109 cm³/mol. The third-order valence-electron chi connectivity index (χ3n) is 4.51. The highest BCUT2D eigenvalue weighted by atomic mass is 32.2. The van der Waals surface area contributed by atoms with Crippen LogP contribution in [0.15, 0.2) is 95.9 Å². The lowest BCUT2D eigenvalue weighted by molar-refractivity contribution is 0.237. The molecule has 0 bridgehead atoms. The minimum Gasteiger partial charge on any atom is -0.294 e. The van der Waals surface area contributed by atoms with E-state index in [0.29, 0.717) is 6.54 Å². The molecule has 0 amide bonds. The molecule has 0 aliphatic carbocycles. The molecule has 0 aliphatic heterocycles. The van der Waals surface area contributed by atoms with E-state index in [-0.39, 0.29) is 10.9 Å². The molecule has 1 N–H and O–H groups in total. The van der Waals surface area contributed by atoms with Crippen LogP contribution in [0.4, 0.5) is 0 Å². The zero-order valence-corrected chi connectivity index (χ0v) is 16.1. The van der Waals surface area contributed by atoms with Crippen LogP contribution in [0.5, 0.6) is 0 Å². The lowest BCUT2D eigenvalue weighted by atomic mass is 10.1. The van der Waals surface area contributed by atoms with Gasteiger partial charge in [-0.15, -0.1) is 0 Å². The number of sulfonamides is 1. The van der Waals surface area contributed by atoms with Crippen molar-refractivity contribution >= 4 is 10.0 Å². The highest BCUT2D eigenvalue weighted by Gasteiger charge is 2.21. The lowest BCUT2D eigenvalue weighted by Gasteiger charge is -2.29. The average molecular weight is 381 g/mol. The molecular formula is C22H24N2O2S. The van der Waals surface area contributed by atoms with Crippen LogP contribution in [-0.2, 0) is 16.6 Å². The Bertz CT molecular complexity index is 930. The summed E-state index contributed by atoms with van der Waals surface area (Å²) in [7, 11) is -1.53. The molecule has 0 heterocycles. The van der Waals surface area contributed by atoms with Gasteiger partial charge in [0.15, 0.2) is 0 Å². The molecule has 140 valence electrons. The quantitative estimate of drug-likeness (QED) is 0.646. The highest BCUT2D eigenvalue weighted by molar-refractivity contribution is 7.89. The molecular weight excluding hydrogens is 356 g/mol. The number of hydrogen-bond acceptors (Lipinski definition) is 3. The molecule has 0 radical (unpaired) electrons. The first-order valence-corrected chi connectivity index (χ1v) is 10.4. The fraction of sp³-hybridized carbons (Fsp3) is 0.182. The van der Waals surface area contributed by atoms with E-state index in [4.69, 9.17) is 0 Å². The number of nitrogens with one attached hydrogen (secondary N) is 1. The van der Waals surface area contributed by atoms with Gasteiger partial charge in [-0.2, -0.15) is 0 Å². The molecule has 5 heteroatoms. The van der Waals surface area contributed by atoms with E-state index in [1.807, 2.05) is 55.6 Å². The number of likely N-dealkylation sites (N-methyl/N-ethyl adjacent to an activating group) is 1. The first-order chi connectivity index (χ1) is 13.1. The van der Waals surface area contributed by atoms with Gasteiger partial charge in [-0.05, 0) is 30.3 Å². The van der Waals surface area contributed by atoms with Crippen LogP contribution in [0.1, 0.15) is 17.2 Å². The summed E-state index contributed by atoms with van der Waals surface area (Å²) in [5.41, 5.74) is 2.26. The summed E-state index contributed by atoms with van der Waals surface area (Å²) in [5.74, 6) is 0. The predicted octanol–water partition coefficient (Wildman–Crippen LogP) is 3.84. The van der Waals surface area contributed by atoms with Gasteiger partial charge in [0.05, 0.1) is 4.90 Å². The Morgan fingerprint density at radius 3 is 1.93 bits per heavy atom. The van der Waals surface area contributed by atoms with E-state index in [1.54, 1.807) is 30.3 Å². The minimum atomic E-state index is -3.55. The van der Waals surface area contributed by atoms with Crippen LogP contribution in [0.2, 0.25) is 0 Å². The van der Waals surface area contributed by atoms with Gasteiger partial charge in [-0.1, -0.05) is 78.9 Å². The van der Waals surface area contributed by atoms with Gasteiger partial charge in [-0.3, -0.25) is 4.90 Å². The molecule has 0 saturated heterocycles. The summed E-state index contributed by atoms with van der Waals surface area (Å²) >= 11 is 0. The molecule has 0 spiro atoms. The average Bonchev–Trinajstić information content (AvgIpc) is 2.70. The molecule has 27 heavy (non-hydrogen) atoms. The second-order valence-corrected chi connectivity index (χ2v) is 8.26. The van der Waals surface area contributed by atoms with Crippen molar-refractivity contribution in [2.75, 3.05) is 13.6 Å². The number of benzene rings is 3. The van der Waals surface area contributed by atoms with E-state index < -0.39 is 10.0 Å². The molecule has 0 unspecified atom stereocenters. The normalized spacial score (nSPS) is 12.8. The van der Waals surface area contributed by atoms with Crippen molar-refractivity contribution in [2.24, 2.45) is 0 Å². The number of hydrogen-bond donors (Lipinski definition) is 1. The topological polar surface area (TPSA) is 49.4 Å². The van der Waals surface area contributed by atoms with Crippen molar-refractivity contribution in [3.8, 4) is 0 Å². The van der Waals surface area contributed by atoms with Crippen LogP contribution in [-0.4, -0.2) is 26.9 Å². The zero-order valence-electron chi connectivity index (χ0n) is 15.3. The molecule has 0 fully saturated rings.